The molecule has 2 aromatic rings. The van der Waals surface area contributed by atoms with Crippen molar-refractivity contribution in [2.75, 3.05) is 6.54 Å². The highest BCUT2D eigenvalue weighted by atomic mass is 35.5. The van der Waals surface area contributed by atoms with Crippen molar-refractivity contribution in [1.82, 2.24) is 10.6 Å². The Hall–Kier alpha value is -2.88. The van der Waals surface area contributed by atoms with Gasteiger partial charge in [0.05, 0.1) is 17.7 Å². The molecule has 7 heteroatoms. The molecule has 1 saturated heterocycles. The lowest BCUT2D eigenvalue weighted by molar-refractivity contribution is -0.158. The summed E-state index contributed by atoms with van der Waals surface area (Å²) in [5.74, 6) is -0.620. The lowest BCUT2D eigenvalue weighted by Crippen LogP contribution is -2.50. The molecule has 1 aliphatic rings. The fraction of sp³-hybridized carbons (Fsp3) is 0.400. The van der Waals surface area contributed by atoms with Gasteiger partial charge in [-0.15, -0.1) is 12.4 Å². The number of benzene rings is 2. The molecule has 6 nitrogen and oxygen atoms in total. The minimum absolute atomic E-state index is 0. The van der Waals surface area contributed by atoms with Crippen LogP contribution in [0.3, 0.4) is 0 Å². The monoisotopic (exact) mass is 455 g/mol. The first-order valence-electron chi connectivity index (χ1n) is 10.6. The average Bonchev–Trinajstić information content (AvgIpc) is 3.27. The maximum atomic E-state index is 12.8. The van der Waals surface area contributed by atoms with E-state index in [4.69, 9.17) is 4.74 Å². The van der Waals surface area contributed by atoms with E-state index in [1.165, 1.54) is 0 Å². The molecule has 2 N–H and O–H groups in total. The third-order valence-electron chi connectivity index (χ3n) is 5.14. The largest absolute Gasteiger partial charge is 0.458 e. The van der Waals surface area contributed by atoms with Gasteiger partial charge in [-0.2, -0.15) is 5.26 Å². The summed E-state index contributed by atoms with van der Waals surface area (Å²) < 4.78 is 5.55. The van der Waals surface area contributed by atoms with Crippen molar-refractivity contribution in [3.8, 4) is 17.2 Å². The van der Waals surface area contributed by atoms with Gasteiger partial charge in [0.1, 0.15) is 11.6 Å². The number of nitrogens with zero attached hydrogens (tertiary/aromatic N) is 1. The summed E-state index contributed by atoms with van der Waals surface area (Å²) in [6, 6.07) is 16.3. The molecule has 1 heterocycles. The predicted octanol–water partition coefficient (Wildman–Crippen LogP) is 3.77. The summed E-state index contributed by atoms with van der Waals surface area (Å²) in [6.07, 6.45) is 2.04. The van der Waals surface area contributed by atoms with Crippen LogP contribution in [0.15, 0.2) is 48.5 Å². The zero-order valence-corrected chi connectivity index (χ0v) is 19.5. The molecule has 1 amide bonds. The Morgan fingerprint density at radius 2 is 1.88 bits per heavy atom. The third kappa shape index (κ3) is 6.81. The van der Waals surface area contributed by atoms with E-state index in [2.05, 4.69) is 16.7 Å². The molecule has 0 bridgehead atoms. The third-order valence-corrected chi connectivity index (χ3v) is 5.14. The fourth-order valence-corrected chi connectivity index (χ4v) is 3.64. The first-order chi connectivity index (χ1) is 14.8. The van der Waals surface area contributed by atoms with Crippen LogP contribution in [0.2, 0.25) is 0 Å². The van der Waals surface area contributed by atoms with Crippen LogP contribution in [0.1, 0.15) is 44.7 Å². The van der Waals surface area contributed by atoms with E-state index in [0.29, 0.717) is 12.0 Å². The zero-order valence-electron chi connectivity index (χ0n) is 18.7. The van der Waals surface area contributed by atoms with Crippen LogP contribution < -0.4 is 10.6 Å². The summed E-state index contributed by atoms with van der Waals surface area (Å²) in [5, 5.41) is 15.4. The van der Waals surface area contributed by atoms with E-state index in [-0.39, 0.29) is 24.4 Å². The summed E-state index contributed by atoms with van der Waals surface area (Å²) >= 11 is 0. The maximum absolute atomic E-state index is 12.8. The lowest BCUT2D eigenvalue weighted by atomic mass is 9.97. The molecule has 2 aromatic carbocycles. The number of carbonyl (C=O) groups excluding carboxylic acids is 2. The molecule has 0 aliphatic carbocycles. The molecule has 3 rings (SSSR count). The number of amides is 1. The van der Waals surface area contributed by atoms with Crippen LogP contribution in [0.5, 0.6) is 0 Å². The number of carbonyl (C=O) groups is 2. The number of esters is 1. The molecular formula is C25H30ClN3O3. The van der Waals surface area contributed by atoms with Gasteiger partial charge in [-0.25, -0.2) is 4.79 Å². The van der Waals surface area contributed by atoms with Gasteiger partial charge in [0, 0.05) is 6.42 Å². The lowest BCUT2D eigenvalue weighted by Gasteiger charge is -2.25. The van der Waals surface area contributed by atoms with Gasteiger partial charge < -0.3 is 15.4 Å². The highest BCUT2D eigenvalue weighted by Gasteiger charge is 2.30. The van der Waals surface area contributed by atoms with Crippen molar-refractivity contribution >= 4 is 24.3 Å². The molecule has 32 heavy (non-hydrogen) atoms. The summed E-state index contributed by atoms with van der Waals surface area (Å²) in [7, 11) is 0. The quantitative estimate of drug-likeness (QED) is 0.647. The molecule has 0 spiro atoms. The maximum Gasteiger partial charge on any atom is 0.329 e. The molecule has 0 aromatic heterocycles. The Bertz CT molecular complexity index is 971. The van der Waals surface area contributed by atoms with Crippen molar-refractivity contribution in [1.29, 1.82) is 5.26 Å². The normalized spacial score (nSPS) is 16.4. The summed E-state index contributed by atoms with van der Waals surface area (Å²) in [5.41, 5.74) is 2.65. The summed E-state index contributed by atoms with van der Waals surface area (Å²) in [4.78, 5) is 25.4. The van der Waals surface area contributed by atoms with Gasteiger partial charge in [-0.3, -0.25) is 4.79 Å². The number of nitriles is 1. The SMILES string of the molecule is CC(C)(C)OC(=O)[C@H](Cc1ccc(-c2ccccc2C#N)cc1)NC(=O)[C@@H]1CCCN1.Cl. The number of hydrogen-bond donors (Lipinski definition) is 2. The Kier molecular flexibility index (Phi) is 8.82. The number of halogens is 1. The number of nitrogens with one attached hydrogen (secondary N) is 2. The molecule has 0 unspecified atom stereocenters. The number of hydrogen-bond acceptors (Lipinski definition) is 5. The molecule has 170 valence electrons. The van der Waals surface area contributed by atoms with Crippen LogP contribution in [0.4, 0.5) is 0 Å². The predicted molar refractivity (Wildman–Crippen MR) is 126 cm³/mol. The Labute approximate surface area is 195 Å². The van der Waals surface area contributed by atoms with E-state index < -0.39 is 17.6 Å². The minimum Gasteiger partial charge on any atom is -0.458 e. The molecular weight excluding hydrogens is 426 g/mol. The highest BCUT2D eigenvalue weighted by molar-refractivity contribution is 5.88. The van der Waals surface area contributed by atoms with Crippen molar-refractivity contribution in [2.45, 2.75) is 57.7 Å². The van der Waals surface area contributed by atoms with Gasteiger partial charge in [0.25, 0.3) is 0 Å². The molecule has 0 saturated carbocycles. The second-order valence-corrected chi connectivity index (χ2v) is 8.80. The number of rotatable bonds is 6. The van der Waals surface area contributed by atoms with Crippen LogP contribution in [-0.4, -0.2) is 36.1 Å². The first kappa shape index (κ1) is 25.4. The van der Waals surface area contributed by atoms with Crippen molar-refractivity contribution in [2.24, 2.45) is 0 Å². The van der Waals surface area contributed by atoms with Crippen LogP contribution >= 0.6 is 12.4 Å². The summed E-state index contributed by atoms with van der Waals surface area (Å²) in [6.45, 7) is 6.23. The van der Waals surface area contributed by atoms with Crippen LogP contribution in [0.25, 0.3) is 11.1 Å². The molecule has 1 fully saturated rings. The van der Waals surface area contributed by atoms with Crippen LogP contribution in [-0.2, 0) is 20.7 Å². The van der Waals surface area contributed by atoms with Gasteiger partial charge in [0.2, 0.25) is 5.91 Å². The van der Waals surface area contributed by atoms with E-state index in [9.17, 15) is 14.9 Å². The second-order valence-electron chi connectivity index (χ2n) is 8.80. The van der Waals surface area contributed by atoms with E-state index in [1.54, 1.807) is 6.07 Å². The second kappa shape index (κ2) is 11.1. The smallest absolute Gasteiger partial charge is 0.329 e. The van der Waals surface area contributed by atoms with Crippen LogP contribution in [0, 0.1) is 11.3 Å². The van der Waals surface area contributed by atoms with Crippen molar-refractivity contribution in [3.05, 3.63) is 59.7 Å². The fourth-order valence-electron chi connectivity index (χ4n) is 3.64. The Morgan fingerprint density at radius 1 is 1.19 bits per heavy atom. The van der Waals surface area contributed by atoms with Gasteiger partial charge in [-0.1, -0.05) is 42.5 Å². The van der Waals surface area contributed by atoms with Crippen molar-refractivity contribution in [3.63, 3.8) is 0 Å². The van der Waals surface area contributed by atoms with Gasteiger partial charge in [0.15, 0.2) is 0 Å². The molecule has 2 atom stereocenters. The zero-order chi connectivity index (χ0) is 22.4. The molecule has 0 radical (unpaired) electrons. The van der Waals surface area contributed by atoms with Gasteiger partial charge >= 0.3 is 5.97 Å². The van der Waals surface area contributed by atoms with E-state index in [1.807, 2.05) is 63.2 Å². The average molecular weight is 456 g/mol. The standard InChI is InChI=1S/C25H29N3O3.ClH/c1-25(2,3)31-24(30)22(28-23(29)21-9-6-14-27-21)15-17-10-12-18(13-11-17)20-8-5-4-7-19(20)16-26;/h4-5,7-8,10-13,21-22,27H,6,9,14-15H2,1-3H3,(H,28,29);1H/t21-,22-;/m0./s1. The van der Waals surface area contributed by atoms with Crippen molar-refractivity contribution < 1.29 is 14.3 Å². The first-order valence-corrected chi connectivity index (χ1v) is 10.6. The van der Waals surface area contributed by atoms with E-state index in [0.717, 1.165) is 36.1 Å². The topological polar surface area (TPSA) is 91.2 Å². The molecule has 1 aliphatic heterocycles. The Morgan fingerprint density at radius 3 is 2.47 bits per heavy atom. The highest BCUT2D eigenvalue weighted by Crippen LogP contribution is 2.24. The number of ether oxygens (including phenoxy) is 1. The Balaban J connectivity index is 0.00000363. The minimum atomic E-state index is -0.772. The van der Waals surface area contributed by atoms with E-state index >= 15 is 0 Å². The van der Waals surface area contributed by atoms with Gasteiger partial charge in [-0.05, 0) is 62.9 Å².